The molecule has 0 aliphatic carbocycles. The van der Waals surface area contributed by atoms with Crippen molar-refractivity contribution < 1.29 is 27.5 Å². The number of thiazole rings is 1. The number of amides is 2. The van der Waals surface area contributed by atoms with Gasteiger partial charge in [0.15, 0.2) is 15.8 Å². The van der Waals surface area contributed by atoms with Crippen molar-refractivity contribution in [2.45, 2.75) is 50.3 Å². The molecule has 3 aromatic rings. The molecular formula is C28H33ClN6O6S2. The van der Waals surface area contributed by atoms with Gasteiger partial charge in [-0.2, -0.15) is 4.31 Å². The van der Waals surface area contributed by atoms with Gasteiger partial charge in [0.25, 0.3) is 15.9 Å². The summed E-state index contributed by atoms with van der Waals surface area (Å²) in [6.07, 6.45) is 0.668. The van der Waals surface area contributed by atoms with E-state index in [1.54, 1.807) is 28.0 Å². The number of aromatic amines is 1. The molecule has 2 atom stereocenters. The molecule has 0 saturated carbocycles. The van der Waals surface area contributed by atoms with Crippen LogP contribution in [0, 0.1) is 0 Å². The van der Waals surface area contributed by atoms with Crippen molar-refractivity contribution in [1.29, 1.82) is 0 Å². The Bertz CT molecular complexity index is 1700. The van der Waals surface area contributed by atoms with Crippen LogP contribution in [0.5, 0.6) is 0 Å². The Labute approximate surface area is 258 Å². The molecular weight excluding hydrogens is 616 g/mol. The van der Waals surface area contributed by atoms with Crippen LogP contribution in [0.25, 0.3) is 10.9 Å². The van der Waals surface area contributed by atoms with Crippen LogP contribution in [-0.2, 0) is 32.5 Å². The van der Waals surface area contributed by atoms with Gasteiger partial charge in [-0.3, -0.25) is 14.4 Å². The van der Waals surface area contributed by atoms with E-state index in [1.165, 1.54) is 22.6 Å². The molecule has 2 unspecified atom stereocenters. The van der Waals surface area contributed by atoms with Gasteiger partial charge in [-0.05, 0) is 32.0 Å². The Morgan fingerprint density at radius 3 is 2.67 bits per heavy atom. The van der Waals surface area contributed by atoms with Crippen molar-refractivity contribution in [1.82, 2.24) is 29.4 Å². The minimum Gasteiger partial charge on any atom is -0.378 e. The number of piperazine rings is 1. The molecule has 2 fully saturated rings. The van der Waals surface area contributed by atoms with E-state index >= 15 is 0 Å². The summed E-state index contributed by atoms with van der Waals surface area (Å²) in [5.41, 5.74) is 1.41. The first-order chi connectivity index (χ1) is 20.5. The van der Waals surface area contributed by atoms with Crippen molar-refractivity contribution in [3.05, 3.63) is 44.4 Å². The molecule has 3 aliphatic heterocycles. The summed E-state index contributed by atoms with van der Waals surface area (Å²) in [5, 5.41) is 4.30. The molecule has 5 heterocycles. The van der Waals surface area contributed by atoms with Crippen molar-refractivity contribution in [3.8, 4) is 0 Å². The predicted molar refractivity (Wildman–Crippen MR) is 161 cm³/mol. The van der Waals surface area contributed by atoms with Gasteiger partial charge in [0.05, 0.1) is 30.5 Å². The van der Waals surface area contributed by atoms with Gasteiger partial charge in [-0.1, -0.05) is 11.6 Å². The summed E-state index contributed by atoms with van der Waals surface area (Å²) >= 11 is 7.50. The maximum Gasteiger partial charge on any atom is 0.283 e. The number of fused-ring (bicyclic) bond motifs is 2. The highest BCUT2D eigenvalue weighted by molar-refractivity contribution is 7.89. The smallest absolute Gasteiger partial charge is 0.283 e. The Morgan fingerprint density at radius 2 is 1.93 bits per heavy atom. The average Bonchev–Trinajstić information content (AvgIpc) is 3.59. The van der Waals surface area contributed by atoms with Crippen LogP contribution >= 0.6 is 22.9 Å². The second kappa shape index (κ2) is 11.9. The molecule has 2 amide bonds. The zero-order valence-electron chi connectivity index (χ0n) is 23.9. The molecule has 15 heteroatoms. The quantitative estimate of drug-likeness (QED) is 0.388. The summed E-state index contributed by atoms with van der Waals surface area (Å²) in [4.78, 5) is 51.8. The number of carbonyl (C=O) groups excluding carboxylic acids is 3. The highest BCUT2D eigenvalue weighted by Gasteiger charge is 2.41. The lowest BCUT2D eigenvalue weighted by Crippen LogP contribution is -2.58. The van der Waals surface area contributed by atoms with E-state index < -0.39 is 21.8 Å². The fourth-order valence-electron chi connectivity index (χ4n) is 5.97. The number of H-pyrrole nitrogens is 1. The molecule has 2 N–H and O–H groups in total. The zero-order valence-corrected chi connectivity index (χ0v) is 26.3. The third kappa shape index (κ3) is 5.83. The number of morpholine rings is 1. The lowest BCUT2D eigenvalue weighted by Gasteiger charge is -2.41. The second-order valence-electron chi connectivity index (χ2n) is 11.2. The molecule has 1 aromatic carbocycles. The number of halogens is 1. The third-order valence-electron chi connectivity index (χ3n) is 8.23. The lowest BCUT2D eigenvalue weighted by atomic mass is 10.1. The highest BCUT2D eigenvalue weighted by atomic mass is 35.5. The van der Waals surface area contributed by atoms with Gasteiger partial charge in [0, 0.05) is 79.0 Å². The van der Waals surface area contributed by atoms with Gasteiger partial charge in [0.1, 0.15) is 0 Å². The van der Waals surface area contributed by atoms with E-state index in [9.17, 15) is 22.8 Å². The lowest BCUT2D eigenvalue weighted by molar-refractivity contribution is -0.136. The number of hydrogen-bond acceptors (Lipinski definition) is 9. The van der Waals surface area contributed by atoms with Crippen LogP contribution in [-0.4, -0.2) is 108 Å². The van der Waals surface area contributed by atoms with E-state index in [4.69, 9.17) is 16.3 Å². The molecule has 2 saturated heterocycles. The van der Waals surface area contributed by atoms with Crippen molar-refractivity contribution in [2.24, 2.45) is 0 Å². The largest absolute Gasteiger partial charge is 0.378 e. The van der Waals surface area contributed by atoms with E-state index in [2.05, 4.69) is 22.2 Å². The molecule has 6 rings (SSSR count). The molecule has 0 radical (unpaired) electrons. The molecule has 2 aromatic heterocycles. The Hall–Kier alpha value is -2.88. The van der Waals surface area contributed by atoms with Crippen LogP contribution in [0.15, 0.2) is 23.2 Å². The minimum absolute atomic E-state index is 0.00648. The summed E-state index contributed by atoms with van der Waals surface area (Å²) in [6.45, 7) is 5.69. The number of nitrogens with one attached hydrogen (secondary N) is 2. The van der Waals surface area contributed by atoms with Gasteiger partial charge in [0.2, 0.25) is 5.91 Å². The van der Waals surface area contributed by atoms with Gasteiger partial charge < -0.3 is 24.8 Å². The number of ether oxygens (including phenoxy) is 1. The number of ketones is 1. The van der Waals surface area contributed by atoms with E-state index in [-0.39, 0.29) is 54.5 Å². The van der Waals surface area contributed by atoms with Crippen molar-refractivity contribution in [3.63, 3.8) is 0 Å². The summed E-state index contributed by atoms with van der Waals surface area (Å²) in [5.74, 6) is -0.906. The van der Waals surface area contributed by atoms with Crippen LogP contribution in [0.4, 0.5) is 0 Å². The maximum absolute atomic E-state index is 14.1. The number of hydrogen-bond donors (Lipinski definition) is 2. The SMILES string of the molecule is CC(=O)c1c(S(=O)(=O)N2CCN(C(=O)c3nc4c(s3)CNC(C)C4)C(CC(=O)N3CCOCC3)C2)[nH]c2ccc(Cl)cc12. The first-order valence-corrected chi connectivity index (χ1v) is 16.9. The number of nitrogens with zero attached hydrogens (tertiary/aromatic N) is 4. The number of carbonyl (C=O) groups is 3. The molecule has 3 aliphatic rings. The highest BCUT2D eigenvalue weighted by Crippen LogP contribution is 2.32. The topological polar surface area (TPSA) is 145 Å². The third-order valence-corrected chi connectivity index (χ3v) is 11.4. The Balaban J connectivity index is 1.31. The number of aromatic nitrogens is 2. The predicted octanol–water partition coefficient (Wildman–Crippen LogP) is 2.28. The summed E-state index contributed by atoms with van der Waals surface area (Å²) in [7, 11) is -4.22. The molecule has 0 spiro atoms. The number of benzene rings is 1. The standard InChI is InChI=1S/C28H33ClN6O6S2/c1-16-11-22-23(14-30-16)42-26(31-22)28(38)35-6-5-34(15-19(35)13-24(37)33-7-9-41-10-8-33)43(39,40)27-25(17(2)36)20-12-18(29)3-4-21(20)32-27/h3-4,12,16,19,30,32H,5-11,13-15H2,1-2H3. The number of Topliss-reactive ketones (excluding diaryl/α,β-unsaturated/α-hetero) is 1. The van der Waals surface area contributed by atoms with Gasteiger partial charge >= 0.3 is 0 Å². The summed E-state index contributed by atoms with van der Waals surface area (Å²) in [6, 6.07) is 4.33. The van der Waals surface area contributed by atoms with Crippen LogP contribution in [0.1, 0.15) is 51.0 Å². The fraction of sp³-hybridized carbons (Fsp3) is 0.500. The average molecular weight is 649 g/mol. The van der Waals surface area contributed by atoms with E-state index in [1.807, 2.05) is 0 Å². The van der Waals surface area contributed by atoms with Crippen molar-refractivity contribution in [2.75, 3.05) is 45.9 Å². The van der Waals surface area contributed by atoms with Crippen LogP contribution in [0.3, 0.4) is 0 Å². The fourth-order valence-corrected chi connectivity index (χ4v) is 8.83. The Kier molecular flexibility index (Phi) is 8.35. The molecule has 0 bridgehead atoms. The monoisotopic (exact) mass is 648 g/mol. The summed E-state index contributed by atoms with van der Waals surface area (Å²) < 4.78 is 34.8. The molecule has 230 valence electrons. The zero-order chi connectivity index (χ0) is 30.5. The van der Waals surface area contributed by atoms with E-state index in [0.717, 1.165) is 17.0 Å². The van der Waals surface area contributed by atoms with Crippen LogP contribution < -0.4 is 5.32 Å². The minimum atomic E-state index is -4.22. The first kappa shape index (κ1) is 30.2. The number of rotatable bonds is 6. The molecule has 43 heavy (non-hydrogen) atoms. The maximum atomic E-state index is 14.1. The van der Waals surface area contributed by atoms with E-state index in [0.29, 0.717) is 53.8 Å². The van der Waals surface area contributed by atoms with Crippen LogP contribution in [0.2, 0.25) is 5.02 Å². The Morgan fingerprint density at radius 1 is 1.16 bits per heavy atom. The van der Waals surface area contributed by atoms with Gasteiger partial charge in [-0.15, -0.1) is 11.3 Å². The number of sulfonamides is 1. The second-order valence-corrected chi connectivity index (χ2v) is 14.6. The normalized spacial score (nSPS) is 21.7. The van der Waals surface area contributed by atoms with Crippen molar-refractivity contribution >= 4 is 61.5 Å². The van der Waals surface area contributed by atoms with Gasteiger partial charge in [-0.25, -0.2) is 13.4 Å². The first-order valence-electron chi connectivity index (χ1n) is 14.2. The molecule has 12 nitrogen and oxygen atoms in total.